The van der Waals surface area contributed by atoms with E-state index in [2.05, 4.69) is 32.9 Å². The van der Waals surface area contributed by atoms with E-state index in [1.54, 1.807) is 51.2 Å². The van der Waals surface area contributed by atoms with Gasteiger partial charge in [0.2, 0.25) is 0 Å². The molecule has 39 heavy (non-hydrogen) atoms. The zero-order valence-corrected chi connectivity index (χ0v) is 26.6. The molecule has 2 aliphatic rings. The molecule has 1 fully saturated rings. The number of esters is 1. The fraction of sp³-hybridized carbons (Fsp3) is 0.417. The van der Waals surface area contributed by atoms with Crippen molar-refractivity contribution in [3.63, 3.8) is 0 Å². The Bertz CT molecular complexity index is 1360. The van der Waals surface area contributed by atoms with Crippen molar-refractivity contribution < 1.29 is 23.6 Å². The first-order valence-corrected chi connectivity index (χ1v) is 15.1. The summed E-state index contributed by atoms with van der Waals surface area (Å²) in [5, 5.41) is 17.0. The second-order valence-corrected chi connectivity index (χ2v) is 13.7. The molecule has 3 heterocycles. The number of alkyl halides is 2. The van der Waals surface area contributed by atoms with E-state index in [0.717, 1.165) is 3.57 Å². The molecule has 1 aromatic heterocycles. The van der Waals surface area contributed by atoms with E-state index in [4.69, 9.17) is 21.3 Å². The van der Waals surface area contributed by atoms with E-state index in [9.17, 15) is 19.7 Å². The minimum atomic E-state index is -1.62. The van der Waals surface area contributed by atoms with E-state index in [1.807, 2.05) is 6.07 Å². The molecule has 0 radical (unpaired) electrons. The first-order valence-electron chi connectivity index (χ1n) is 11.7. The Kier molecular flexibility index (Phi) is 9.60. The molecule has 15 heteroatoms. The average molecular weight is 802 g/mol. The van der Waals surface area contributed by atoms with Crippen LogP contribution in [0.3, 0.4) is 0 Å². The van der Waals surface area contributed by atoms with Gasteiger partial charge in [0.15, 0.2) is 14.5 Å². The van der Waals surface area contributed by atoms with E-state index < -0.39 is 38.5 Å². The quantitative estimate of drug-likeness (QED) is 0.131. The van der Waals surface area contributed by atoms with Crippen LogP contribution < -0.4 is 5.32 Å². The van der Waals surface area contributed by atoms with Crippen LogP contribution in [0.4, 0.5) is 4.39 Å². The SMILES string of the molecule is COC(=O)C1=C(CN2CC(F)(I)C[C@H]2CC(C)C(=O)[N+](=O)[O-])NC(c2nccs2)=N[C@H]1c1ccc(I)cc1Cl. The number of amides is 1. The van der Waals surface area contributed by atoms with Crippen LogP contribution in [0, 0.1) is 19.6 Å². The van der Waals surface area contributed by atoms with Gasteiger partial charge in [-0.15, -0.1) is 11.3 Å². The van der Waals surface area contributed by atoms with Crippen LogP contribution >= 0.6 is 68.1 Å². The zero-order valence-electron chi connectivity index (χ0n) is 20.7. The van der Waals surface area contributed by atoms with Gasteiger partial charge < -0.3 is 10.1 Å². The van der Waals surface area contributed by atoms with Crippen LogP contribution in [0.1, 0.15) is 36.4 Å². The Morgan fingerprint density at radius 2 is 2.21 bits per heavy atom. The number of benzene rings is 1. The summed E-state index contributed by atoms with van der Waals surface area (Å²) in [6.07, 6.45) is 1.80. The number of carbonyl (C=O) groups is 2. The number of thiazole rings is 1. The van der Waals surface area contributed by atoms with Crippen molar-refractivity contribution >= 4 is 85.8 Å². The lowest BCUT2D eigenvalue weighted by Gasteiger charge is -2.31. The lowest BCUT2D eigenvalue weighted by atomic mass is 9.94. The number of aliphatic imine (C=N–C) groups is 1. The molecule has 2 aromatic rings. The summed E-state index contributed by atoms with van der Waals surface area (Å²) in [4.78, 5) is 46.2. The van der Waals surface area contributed by atoms with Gasteiger partial charge in [0.05, 0.1) is 18.6 Å². The highest BCUT2D eigenvalue weighted by atomic mass is 127. The van der Waals surface area contributed by atoms with Gasteiger partial charge in [-0.3, -0.25) is 20.0 Å². The van der Waals surface area contributed by atoms with Crippen molar-refractivity contribution in [2.45, 2.75) is 35.5 Å². The van der Waals surface area contributed by atoms with Crippen LogP contribution in [0.2, 0.25) is 5.02 Å². The van der Waals surface area contributed by atoms with Crippen molar-refractivity contribution in [3.8, 4) is 0 Å². The van der Waals surface area contributed by atoms with Crippen LogP contribution in [0.5, 0.6) is 0 Å². The van der Waals surface area contributed by atoms with E-state index in [1.165, 1.54) is 25.4 Å². The molecule has 1 N–H and O–H groups in total. The van der Waals surface area contributed by atoms with Gasteiger partial charge in [-0.05, 0) is 70.7 Å². The third kappa shape index (κ3) is 6.94. The lowest BCUT2D eigenvalue weighted by Crippen LogP contribution is -2.42. The first-order chi connectivity index (χ1) is 18.4. The van der Waals surface area contributed by atoms with Gasteiger partial charge in [0.25, 0.3) is 0 Å². The second-order valence-electron chi connectivity index (χ2n) is 9.24. The number of halogens is 4. The molecule has 10 nitrogen and oxygen atoms in total. The van der Waals surface area contributed by atoms with Gasteiger partial charge in [-0.2, -0.15) is 0 Å². The number of carbonyl (C=O) groups excluding carboxylic acids is 2. The van der Waals surface area contributed by atoms with Crippen LogP contribution in [-0.4, -0.2) is 62.4 Å². The Morgan fingerprint density at radius 1 is 1.46 bits per heavy atom. The molecule has 2 aliphatic heterocycles. The monoisotopic (exact) mass is 801 g/mol. The summed E-state index contributed by atoms with van der Waals surface area (Å²) in [7, 11) is 1.26. The summed E-state index contributed by atoms with van der Waals surface area (Å²) in [5.74, 6) is -2.23. The normalized spacial score (nSPS) is 24.2. The third-order valence-electron chi connectivity index (χ3n) is 6.50. The predicted molar refractivity (Wildman–Crippen MR) is 161 cm³/mol. The Balaban J connectivity index is 1.77. The molecular formula is C24H23ClFI2N5O5S. The Labute approximate surface area is 259 Å². The number of amidine groups is 1. The highest BCUT2D eigenvalue weighted by molar-refractivity contribution is 14.1. The van der Waals surface area contributed by atoms with Gasteiger partial charge in [-0.1, -0.05) is 17.7 Å². The predicted octanol–water partition coefficient (Wildman–Crippen LogP) is 4.92. The second kappa shape index (κ2) is 12.4. The van der Waals surface area contributed by atoms with Crippen LogP contribution in [0.15, 0.2) is 46.0 Å². The first kappa shape index (κ1) is 30.2. The molecule has 0 spiro atoms. The number of hydrogen-bond acceptors (Lipinski definition) is 10. The minimum Gasteiger partial charge on any atom is -0.466 e. The molecule has 4 atom stereocenters. The van der Waals surface area contributed by atoms with Crippen molar-refractivity contribution in [2.24, 2.45) is 10.9 Å². The number of nitrogens with zero attached hydrogens (tertiary/aromatic N) is 4. The summed E-state index contributed by atoms with van der Waals surface area (Å²) in [6.45, 7) is 1.54. The molecule has 0 aliphatic carbocycles. The van der Waals surface area contributed by atoms with Gasteiger partial charge >= 0.3 is 11.9 Å². The fourth-order valence-corrected chi connectivity index (χ4v) is 7.24. The molecule has 1 aromatic carbocycles. The Morgan fingerprint density at radius 3 is 2.82 bits per heavy atom. The third-order valence-corrected chi connectivity index (χ3v) is 9.06. The van der Waals surface area contributed by atoms with Gasteiger partial charge in [-0.25, -0.2) is 19.0 Å². The van der Waals surface area contributed by atoms with Crippen molar-refractivity contribution in [3.05, 3.63) is 70.3 Å². The maximum Gasteiger partial charge on any atom is 0.447 e. The van der Waals surface area contributed by atoms with Gasteiger partial charge in [0, 0.05) is 57.0 Å². The number of methoxy groups -OCH3 is 1. The summed E-state index contributed by atoms with van der Waals surface area (Å²) < 4.78 is 19.7. The summed E-state index contributed by atoms with van der Waals surface area (Å²) >= 11 is 11.8. The summed E-state index contributed by atoms with van der Waals surface area (Å²) in [6, 6.07) is 4.10. The largest absolute Gasteiger partial charge is 0.466 e. The number of nitro groups is 1. The van der Waals surface area contributed by atoms with E-state index >= 15 is 4.39 Å². The zero-order chi connectivity index (χ0) is 28.5. The minimum absolute atomic E-state index is 0.00405. The maximum absolute atomic E-state index is 15.3. The molecule has 0 saturated carbocycles. The van der Waals surface area contributed by atoms with Gasteiger partial charge in [0.1, 0.15) is 11.0 Å². The van der Waals surface area contributed by atoms with Crippen molar-refractivity contribution in [1.29, 1.82) is 0 Å². The highest BCUT2D eigenvalue weighted by Gasteiger charge is 2.45. The maximum atomic E-state index is 15.3. The van der Waals surface area contributed by atoms with Crippen LogP contribution in [0.25, 0.3) is 0 Å². The molecule has 208 valence electrons. The number of aromatic nitrogens is 1. The van der Waals surface area contributed by atoms with Crippen molar-refractivity contribution in [1.82, 2.24) is 15.2 Å². The number of nitrogens with one attached hydrogen (secondary N) is 1. The number of rotatable bonds is 8. The molecule has 2 unspecified atom stereocenters. The average Bonchev–Trinajstić information content (AvgIpc) is 3.50. The topological polar surface area (TPSA) is 127 Å². The Hall–Kier alpha value is -1.76. The number of likely N-dealkylation sites (tertiary alicyclic amines) is 1. The lowest BCUT2D eigenvalue weighted by molar-refractivity contribution is -0.406. The molecular weight excluding hydrogens is 779 g/mol. The molecule has 4 rings (SSSR count). The van der Waals surface area contributed by atoms with Crippen LogP contribution in [-0.2, 0) is 14.3 Å². The fourth-order valence-electron chi connectivity index (χ4n) is 4.74. The molecule has 1 amide bonds. The standard InChI is InChI=1S/C24H23ClFI2N5O5S/c1-12(22(34)33(36)37)7-14-9-24(26,28)11-32(14)10-17-18(23(35)38-2)19(15-4-3-13(27)8-16(15)25)31-20(30-17)21-29-5-6-39-21/h3-6,8,12,14,19H,7,9-11H2,1-2H3,(H,30,31)/t12?,14-,19+,24?/m1/s1. The van der Waals surface area contributed by atoms with E-state index in [-0.39, 0.29) is 31.5 Å². The highest BCUT2D eigenvalue weighted by Crippen LogP contribution is 2.41. The van der Waals surface area contributed by atoms with Crippen molar-refractivity contribution in [2.75, 3.05) is 20.2 Å². The smallest absolute Gasteiger partial charge is 0.447 e. The number of ether oxygens (including phenoxy) is 1. The summed E-state index contributed by atoms with van der Waals surface area (Å²) in [5.41, 5.74) is 1.22. The molecule has 0 bridgehead atoms. The van der Waals surface area contributed by atoms with E-state index in [0.29, 0.717) is 27.1 Å². The molecule has 1 saturated heterocycles. The number of hydrogen-bond donors (Lipinski definition) is 1.